The SMILES string of the molecule is CC(C)C(=O)N1CCC2(CC1)NCCc1ccccc12.Cl. The van der Waals surface area contributed by atoms with Crippen molar-refractivity contribution in [2.75, 3.05) is 19.6 Å². The highest BCUT2D eigenvalue weighted by Gasteiger charge is 2.40. The van der Waals surface area contributed by atoms with Gasteiger partial charge < -0.3 is 10.2 Å². The van der Waals surface area contributed by atoms with Gasteiger partial charge in [0.1, 0.15) is 0 Å². The minimum atomic E-state index is 0. The van der Waals surface area contributed by atoms with Crippen molar-refractivity contribution in [2.24, 2.45) is 5.92 Å². The predicted molar refractivity (Wildman–Crippen MR) is 87.7 cm³/mol. The van der Waals surface area contributed by atoms with Gasteiger partial charge in [-0.25, -0.2) is 0 Å². The molecule has 3 nitrogen and oxygen atoms in total. The first-order valence-corrected chi connectivity index (χ1v) is 7.75. The first-order chi connectivity index (χ1) is 9.62. The molecule has 2 heterocycles. The van der Waals surface area contributed by atoms with Crippen LogP contribution in [0.25, 0.3) is 0 Å². The largest absolute Gasteiger partial charge is 0.342 e. The van der Waals surface area contributed by atoms with Crippen LogP contribution < -0.4 is 5.32 Å². The van der Waals surface area contributed by atoms with Crippen LogP contribution in [-0.4, -0.2) is 30.4 Å². The van der Waals surface area contributed by atoms with Crippen molar-refractivity contribution >= 4 is 18.3 Å². The van der Waals surface area contributed by atoms with Crippen molar-refractivity contribution in [2.45, 2.75) is 38.6 Å². The normalized spacial score (nSPS) is 20.0. The molecule has 1 aromatic carbocycles. The monoisotopic (exact) mass is 308 g/mol. The molecule has 3 rings (SSSR count). The average molecular weight is 309 g/mol. The Balaban J connectivity index is 0.00000161. The summed E-state index contributed by atoms with van der Waals surface area (Å²) in [4.78, 5) is 14.2. The first-order valence-electron chi connectivity index (χ1n) is 7.75. The van der Waals surface area contributed by atoms with E-state index in [9.17, 15) is 4.79 Å². The molecule has 0 aliphatic carbocycles. The highest BCUT2D eigenvalue weighted by atomic mass is 35.5. The number of benzene rings is 1. The third kappa shape index (κ3) is 2.95. The molecule has 1 fully saturated rings. The van der Waals surface area contributed by atoms with Gasteiger partial charge >= 0.3 is 0 Å². The number of hydrogen-bond acceptors (Lipinski definition) is 2. The van der Waals surface area contributed by atoms with Crippen molar-refractivity contribution < 1.29 is 4.79 Å². The Labute approximate surface area is 133 Å². The number of piperidine rings is 1. The van der Waals surface area contributed by atoms with Crippen LogP contribution in [0.3, 0.4) is 0 Å². The summed E-state index contributed by atoms with van der Waals surface area (Å²) in [6, 6.07) is 8.79. The van der Waals surface area contributed by atoms with Gasteiger partial charge in [0.15, 0.2) is 0 Å². The number of halogens is 1. The molecule has 2 aliphatic heterocycles. The maximum atomic E-state index is 12.1. The topological polar surface area (TPSA) is 32.3 Å². The molecule has 21 heavy (non-hydrogen) atoms. The average Bonchev–Trinajstić information content (AvgIpc) is 2.48. The number of carbonyl (C=O) groups excluding carboxylic acids is 1. The molecule has 116 valence electrons. The molecule has 0 bridgehead atoms. The molecule has 1 N–H and O–H groups in total. The van der Waals surface area contributed by atoms with E-state index in [1.807, 2.05) is 18.7 Å². The molecular weight excluding hydrogens is 284 g/mol. The van der Waals surface area contributed by atoms with E-state index < -0.39 is 0 Å². The van der Waals surface area contributed by atoms with Crippen molar-refractivity contribution in [1.82, 2.24) is 10.2 Å². The van der Waals surface area contributed by atoms with Crippen LogP contribution >= 0.6 is 12.4 Å². The number of fused-ring (bicyclic) bond motifs is 2. The summed E-state index contributed by atoms with van der Waals surface area (Å²) in [5.74, 6) is 0.402. The molecule has 0 aromatic heterocycles. The summed E-state index contributed by atoms with van der Waals surface area (Å²) in [7, 11) is 0. The molecule has 1 amide bonds. The van der Waals surface area contributed by atoms with E-state index in [0.29, 0.717) is 5.91 Å². The van der Waals surface area contributed by atoms with E-state index in [0.717, 1.165) is 38.9 Å². The second-order valence-corrected chi connectivity index (χ2v) is 6.40. The summed E-state index contributed by atoms with van der Waals surface area (Å²) in [6.45, 7) is 6.77. The Kier molecular flexibility index (Phi) is 4.95. The van der Waals surface area contributed by atoms with Crippen LogP contribution in [-0.2, 0) is 16.8 Å². The lowest BCUT2D eigenvalue weighted by molar-refractivity contribution is -0.136. The predicted octanol–water partition coefficient (Wildman–Crippen LogP) is 2.73. The van der Waals surface area contributed by atoms with E-state index in [-0.39, 0.29) is 23.9 Å². The van der Waals surface area contributed by atoms with Gasteiger partial charge in [-0.3, -0.25) is 4.79 Å². The second kappa shape index (κ2) is 6.37. The maximum absolute atomic E-state index is 12.1. The van der Waals surface area contributed by atoms with Crippen LogP contribution in [0.2, 0.25) is 0 Å². The van der Waals surface area contributed by atoms with Crippen molar-refractivity contribution in [1.29, 1.82) is 0 Å². The van der Waals surface area contributed by atoms with Crippen LogP contribution in [0.15, 0.2) is 24.3 Å². The van der Waals surface area contributed by atoms with Crippen LogP contribution in [0.5, 0.6) is 0 Å². The molecule has 4 heteroatoms. The van der Waals surface area contributed by atoms with Gasteiger partial charge in [-0.2, -0.15) is 0 Å². The van der Waals surface area contributed by atoms with Crippen LogP contribution in [0, 0.1) is 5.92 Å². The van der Waals surface area contributed by atoms with Crippen LogP contribution in [0.4, 0.5) is 0 Å². The molecule has 0 radical (unpaired) electrons. The van der Waals surface area contributed by atoms with Gasteiger partial charge in [-0.05, 0) is 30.4 Å². The lowest BCUT2D eigenvalue weighted by Crippen LogP contribution is -2.55. The lowest BCUT2D eigenvalue weighted by atomic mass is 9.76. The summed E-state index contributed by atoms with van der Waals surface area (Å²) in [6.07, 6.45) is 3.18. The summed E-state index contributed by atoms with van der Waals surface area (Å²) >= 11 is 0. The molecule has 0 unspecified atom stereocenters. The minimum Gasteiger partial charge on any atom is -0.342 e. The number of rotatable bonds is 1. The number of carbonyl (C=O) groups is 1. The number of hydrogen-bond donors (Lipinski definition) is 1. The van der Waals surface area contributed by atoms with Crippen molar-refractivity contribution in [3.05, 3.63) is 35.4 Å². The highest BCUT2D eigenvalue weighted by molar-refractivity contribution is 5.85. The molecule has 0 atom stereocenters. The molecule has 2 aliphatic rings. The molecule has 1 aromatic rings. The molecule has 0 saturated carbocycles. The molecule has 1 spiro atoms. The third-order valence-electron chi connectivity index (χ3n) is 4.81. The van der Waals surface area contributed by atoms with Gasteiger partial charge in [-0.1, -0.05) is 38.1 Å². The van der Waals surface area contributed by atoms with E-state index in [1.54, 1.807) is 0 Å². The standard InChI is InChI=1S/C17H24N2O.ClH/c1-13(2)16(20)19-11-8-17(9-12-19)15-6-4-3-5-14(15)7-10-18-17;/h3-6,13,18H,7-12H2,1-2H3;1H. The fourth-order valence-electron chi connectivity index (χ4n) is 3.66. The van der Waals surface area contributed by atoms with Gasteiger partial charge in [0.05, 0.1) is 0 Å². The number of nitrogens with zero attached hydrogens (tertiary/aromatic N) is 1. The van der Waals surface area contributed by atoms with Gasteiger partial charge in [0, 0.05) is 31.1 Å². The number of likely N-dealkylation sites (tertiary alicyclic amines) is 1. The minimum absolute atomic E-state index is 0. The maximum Gasteiger partial charge on any atom is 0.225 e. The van der Waals surface area contributed by atoms with Crippen molar-refractivity contribution in [3.8, 4) is 0 Å². The zero-order valence-corrected chi connectivity index (χ0v) is 13.7. The molecule has 1 saturated heterocycles. The summed E-state index contributed by atoms with van der Waals surface area (Å²) in [5, 5.41) is 3.74. The zero-order chi connectivity index (χ0) is 14.2. The quantitative estimate of drug-likeness (QED) is 0.865. The summed E-state index contributed by atoms with van der Waals surface area (Å²) in [5.41, 5.74) is 3.04. The lowest BCUT2D eigenvalue weighted by Gasteiger charge is -2.46. The fourth-order valence-corrected chi connectivity index (χ4v) is 3.66. The van der Waals surface area contributed by atoms with Gasteiger partial charge in [0.25, 0.3) is 0 Å². The van der Waals surface area contributed by atoms with Gasteiger partial charge in [-0.15, -0.1) is 12.4 Å². The Morgan fingerprint density at radius 3 is 2.57 bits per heavy atom. The third-order valence-corrected chi connectivity index (χ3v) is 4.81. The van der Waals surface area contributed by atoms with E-state index in [1.165, 1.54) is 11.1 Å². The Morgan fingerprint density at radius 1 is 1.24 bits per heavy atom. The zero-order valence-electron chi connectivity index (χ0n) is 12.9. The number of nitrogens with one attached hydrogen (secondary N) is 1. The van der Waals surface area contributed by atoms with E-state index >= 15 is 0 Å². The Morgan fingerprint density at radius 2 is 1.90 bits per heavy atom. The van der Waals surface area contributed by atoms with Crippen LogP contribution in [0.1, 0.15) is 37.8 Å². The summed E-state index contributed by atoms with van der Waals surface area (Å²) < 4.78 is 0. The van der Waals surface area contributed by atoms with Crippen molar-refractivity contribution in [3.63, 3.8) is 0 Å². The van der Waals surface area contributed by atoms with E-state index in [4.69, 9.17) is 0 Å². The Bertz CT molecular complexity index is 507. The molecular formula is C17H25ClN2O. The highest BCUT2D eigenvalue weighted by Crippen LogP contribution is 2.37. The van der Waals surface area contributed by atoms with Gasteiger partial charge in [0.2, 0.25) is 5.91 Å². The van der Waals surface area contributed by atoms with E-state index in [2.05, 4.69) is 29.6 Å². The first kappa shape index (κ1) is 16.3. The fraction of sp³-hybridized carbons (Fsp3) is 0.588. The number of amides is 1. The Hall–Kier alpha value is -1.06. The second-order valence-electron chi connectivity index (χ2n) is 6.40. The smallest absolute Gasteiger partial charge is 0.225 e.